The Morgan fingerprint density at radius 3 is 2.55 bits per heavy atom. The van der Waals surface area contributed by atoms with Gasteiger partial charge in [0.1, 0.15) is 12.2 Å². The molecule has 0 aliphatic carbocycles. The molecule has 1 aromatic rings. The second-order valence-electron chi connectivity index (χ2n) is 3.91. The Bertz CT molecular complexity index is 490. The molecule has 0 aromatic carbocycles. The lowest BCUT2D eigenvalue weighted by Crippen LogP contribution is -2.31. The lowest BCUT2D eigenvalue weighted by Gasteiger charge is -2.14. The van der Waals surface area contributed by atoms with Gasteiger partial charge in [-0.3, -0.25) is 4.79 Å². The number of carbonyl (C=O) groups excluding carboxylic acids is 2. The van der Waals surface area contributed by atoms with Gasteiger partial charge < -0.3 is 9.64 Å². The van der Waals surface area contributed by atoms with Crippen LogP contribution in [0, 0.1) is 0 Å². The predicted molar refractivity (Wildman–Crippen MR) is 64.2 cm³/mol. The number of carbonyl (C=O) groups is 2. The van der Waals surface area contributed by atoms with Gasteiger partial charge in [-0.2, -0.15) is 0 Å². The molecule has 0 aliphatic rings. The third-order valence-corrected chi connectivity index (χ3v) is 2.63. The highest BCUT2D eigenvalue weighted by atomic mass is 19.3. The van der Waals surface area contributed by atoms with E-state index >= 15 is 0 Å². The zero-order valence-electron chi connectivity index (χ0n) is 11.5. The van der Waals surface area contributed by atoms with Crippen LogP contribution in [-0.4, -0.2) is 52.0 Å². The smallest absolute Gasteiger partial charge is 0.361 e. The van der Waals surface area contributed by atoms with Crippen molar-refractivity contribution in [2.45, 2.75) is 26.8 Å². The van der Waals surface area contributed by atoms with Crippen LogP contribution in [0.3, 0.4) is 0 Å². The first-order valence-electron chi connectivity index (χ1n) is 6.04. The minimum Gasteiger partial charge on any atom is -0.461 e. The van der Waals surface area contributed by atoms with Crippen LogP contribution in [0.15, 0.2) is 0 Å². The summed E-state index contributed by atoms with van der Waals surface area (Å²) in [4.78, 5) is 24.5. The summed E-state index contributed by atoms with van der Waals surface area (Å²) in [5.41, 5.74) is -1.27. The summed E-state index contributed by atoms with van der Waals surface area (Å²) in [6.07, 6.45) is -2.98. The minimum absolute atomic E-state index is 0.0336. The number of esters is 1. The van der Waals surface area contributed by atoms with Crippen LogP contribution < -0.4 is 0 Å². The fourth-order valence-electron chi connectivity index (χ4n) is 1.42. The minimum atomic E-state index is -2.98. The monoisotopic (exact) mass is 290 g/mol. The van der Waals surface area contributed by atoms with Crippen LogP contribution in [-0.2, 0) is 16.1 Å². The number of hydrogen-bond donors (Lipinski definition) is 0. The lowest BCUT2D eigenvalue weighted by atomic mass is 10.3. The standard InChI is InChI=1S/C11H16F2N4O3/c1-4-16(3)7(18)6-17-9(10(12)13)8(14-15-17)11(19)20-5-2/h10H,4-6H2,1-3H3. The van der Waals surface area contributed by atoms with Crippen LogP contribution in [0.5, 0.6) is 0 Å². The molecule has 0 radical (unpaired) electrons. The molecule has 0 spiro atoms. The normalized spacial score (nSPS) is 10.7. The highest BCUT2D eigenvalue weighted by Crippen LogP contribution is 2.22. The molecule has 1 amide bonds. The summed E-state index contributed by atoms with van der Waals surface area (Å²) in [5, 5.41) is 6.82. The molecular formula is C11H16F2N4O3. The molecule has 0 saturated carbocycles. The van der Waals surface area contributed by atoms with Crippen LogP contribution in [0.25, 0.3) is 0 Å². The molecular weight excluding hydrogens is 274 g/mol. The van der Waals surface area contributed by atoms with Crippen molar-refractivity contribution in [1.29, 1.82) is 0 Å². The van der Waals surface area contributed by atoms with Gasteiger partial charge in [-0.25, -0.2) is 18.3 Å². The first-order chi connectivity index (χ1) is 9.42. The summed E-state index contributed by atoms with van der Waals surface area (Å²) < 4.78 is 31.4. The summed E-state index contributed by atoms with van der Waals surface area (Å²) in [6.45, 7) is 3.35. The Kier molecular flexibility index (Phi) is 5.53. The van der Waals surface area contributed by atoms with Gasteiger partial charge in [-0.05, 0) is 13.8 Å². The Morgan fingerprint density at radius 1 is 1.40 bits per heavy atom. The van der Waals surface area contributed by atoms with Crippen LogP contribution >= 0.6 is 0 Å². The summed E-state index contributed by atoms with van der Waals surface area (Å²) >= 11 is 0. The van der Waals surface area contributed by atoms with Crippen molar-refractivity contribution < 1.29 is 23.1 Å². The van der Waals surface area contributed by atoms with E-state index in [1.807, 2.05) is 0 Å². The quantitative estimate of drug-likeness (QED) is 0.726. The second kappa shape index (κ2) is 6.92. The average molecular weight is 290 g/mol. The number of halogens is 2. The van der Waals surface area contributed by atoms with Gasteiger partial charge in [0, 0.05) is 13.6 Å². The molecule has 0 bridgehead atoms. The zero-order chi connectivity index (χ0) is 15.3. The topological polar surface area (TPSA) is 77.3 Å². The number of aromatic nitrogens is 3. The van der Waals surface area contributed by atoms with E-state index in [2.05, 4.69) is 15.0 Å². The Hall–Kier alpha value is -2.06. The maximum atomic E-state index is 13.0. The van der Waals surface area contributed by atoms with E-state index in [-0.39, 0.29) is 6.61 Å². The molecule has 1 heterocycles. The molecule has 0 unspecified atom stereocenters. The van der Waals surface area contributed by atoms with Gasteiger partial charge in [-0.1, -0.05) is 5.21 Å². The molecule has 20 heavy (non-hydrogen) atoms. The maximum Gasteiger partial charge on any atom is 0.361 e. The molecule has 7 nitrogen and oxygen atoms in total. The van der Waals surface area contributed by atoms with E-state index in [4.69, 9.17) is 0 Å². The molecule has 0 saturated heterocycles. The number of amides is 1. The Morgan fingerprint density at radius 2 is 2.05 bits per heavy atom. The van der Waals surface area contributed by atoms with Gasteiger partial charge in [0.2, 0.25) is 5.91 Å². The number of nitrogens with zero attached hydrogens (tertiary/aromatic N) is 4. The molecule has 0 atom stereocenters. The van der Waals surface area contributed by atoms with Crippen molar-refractivity contribution in [1.82, 2.24) is 19.9 Å². The van der Waals surface area contributed by atoms with Gasteiger partial charge in [-0.15, -0.1) is 5.10 Å². The van der Waals surface area contributed by atoms with Gasteiger partial charge in [0.05, 0.1) is 6.61 Å². The van der Waals surface area contributed by atoms with Gasteiger partial charge >= 0.3 is 5.97 Å². The molecule has 112 valence electrons. The van der Waals surface area contributed by atoms with Crippen molar-refractivity contribution in [2.24, 2.45) is 0 Å². The van der Waals surface area contributed by atoms with Crippen LogP contribution in [0.1, 0.15) is 36.5 Å². The maximum absolute atomic E-state index is 13.0. The second-order valence-corrected chi connectivity index (χ2v) is 3.91. The molecule has 0 aliphatic heterocycles. The zero-order valence-corrected chi connectivity index (χ0v) is 11.5. The van der Waals surface area contributed by atoms with Crippen molar-refractivity contribution in [3.8, 4) is 0 Å². The number of likely N-dealkylation sites (N-methyl/N-ethyl adjacent to an activating group) is 1. The van der Waals surface area contributed by atoms with Crippen molar-refractivity contribution in [3.63, 3.8) is 0 Å². The Balaban J connectivity index is 3.03. The number of alkyl halides is 2. The predicted octanol–water partition coefficient (Wildman–Crippen LogP) is 0.871. The fourth-order valence-corrected chi connectivity index (χ4v) is 1.42. The highest BCUT2D eigenvalue weighted by Gasteiger charge is 2.28. The van der Waals surface area contributed by atoms with Crippen LogP contribution in [0.2, 0.25) is 0 Å². The summed E-state index contributed by atoms with van der Waals surface area (Å²) in [5.74, 6) is -1.39. The Labute approximate surface area is 114 Å². The van der Waals surface area contributed by atoms with Gasteiger partial charge in [0.25, 0.3) is 6.43 Å². The number of rotatable bonds is 6. The molecule has 0 fully saturated rings. The largest absolute Gasteiger partial charge is 0.461 e. The summed E-state index contributed by atoms with van der Waals surface area (Å²) in [6, 6.07) is 0. The molecule has 9 heteroatoms. The van der Waals surface area contributed by atoms with Crippen molar-refractivity contribution in [2.75, 3.05) is 20.2 Å². The van der Waals surface area contributed by atoms with E-state index in [0.29, 0.717) is 6.54 Å². The molecule has 1 aromatic heterocycles. The first kappa shape index (κ1) is 16.0. The average Bonchev–Trinajstić information content (AvgIpc) is 2.81. The third kappa shape index (κ3) is 3.49. The van der Waals surface area contributed by atoms with E-state index in [0.717, 1.165) is 4.68 Å². The summed E-state index contributed by atoms with van der Waals surface area (Å²) in [7, 11) is 1.54. The highest BCUT2D eigenvalue weighted by molar-refractivity contribution is 5.88. The lowest BCUT2D eigenvalue weighted by molar-refractivity contribution is -0.130. The fraction of sp³-hybridized carbons (Fsp3) is 0.636. The van der Waals surface area contributed by atoms with E-state index < -0.39 is 36.2 Å². The first-order valence-corrected chi connectivity index (χ1v) is 6.04. The van der Waals surface area contributed by atoms with E-state index in [1.54, 1.807) is 13.8 Å². The molecule has 0 N–H and O–H groups in total. The van der Waals surface area contributed by atoms with Crippen molar-refractivity contribution >= 4 is 11.9 Å². The SMILES string of the molecule is CCOC(=O)c1nnn(CC(=O)N(C)CC)c1C(F)F. The van der Waals surface area contributed by atoms with E-state index in [9.17, 15) is 18.4 Å². The van der Waals surface area contributed by atoms with Crippen molar-refractivity contribution in [3.05, 3.63) is 11.4 Å². The van der Waals surface area contributed by atoms with E-state index in [1.165, 1.54) is 11.9 Å². The van der Waals surface area contributed by atoms with Gasteiger partial charge in [0.15, 0.2) is 5.69 Å². The third-order valence-electron chi connectivity index (χ3n) is 2.63. The number of hydrogen-bond acceptors (Lipinski definition) is 5. The van der Waals surface area contributed by atoms with Crippen LogP contribution in [0.4, 0.5) is 8.78 Å². The number of ether oxygens (including phenoxy) is 1. The molecule has 1 rings (SSSR count).